The van der Waals surface area contributed by atoms with E-state index in [1.165, 1.54) is 11.3 Å². The van der Waals surface area contributed by atoms with Gasteiger partial charge in [-0.05, 0) is 31.5 Å². The van der Waals surface area contributed by atoms with Crippen LogP contribution in [-0.2, 0) is 0 Å². The quantitative estimate of drug-likeness (QED) is 0.926. The predicted molar refractivity (Wildman–Crippen MR) is 87.5 cm³/mol. The molecule has 0 saturated carbocycles. The van der Waals surface area contributed by atoms with Gasteiger partial charge in [0.2, 0.25) is 0 Å². The molecule has 2 N–H and O–H groups in total. The summed E-state index contributed by atoms with van der Waals surface area (Å²) in [5, 5.41) is 0.656. The van der Waals surface area contributed by atoms with E-state index in [1.807, 2.05) is 12.1 Å². The zero-order chi connectivity index (χ0) is 14.7. The van der Waals surface area contributed by atoms with Crippen molar-refractivity contribution in [2.45, 2.75) is 44.1 Å². The van der Waals surface area contributed by atoms with Crippen molar-refractivity contribution in [2.75, 3.05) is 19.4 Å². The number of rotatable bonds is 4. The van der Waals surface area contributed by atoms with Crippen LogP contribution < -0.4 is 10.5 Å². The number of benzene rings is 1. The summed E-state index contributed by atoms with van der Waals surface area (Å²) >= 11 is 2.06. The largest absolute Gasteiger partial charge is 0.497 e. The smallest absolute Gasteiger partial charge is 0.118 e. The number of hydrogen-bond acceptors (Lipinski definition) is 4. The fraction of sp³-hybridized carbons (Fsp3) is 0.625. The van der Waals surface area contributed by atoms with Crippen molar-refractivity contribution in [2.24, 2.45) is 5.73 Å². The molecular formula is C16H26N2OS. The molecule has 20 heavy (non-hydrogen) atoms. The van der Waals surface area contributed by atoms with Gasteiger partial charge in [0.05, 0.1) is 7.11 Å². The second-order valence-corrected chi connectivity index (χ2v) is 7.12. The standard InChI is InChI=1S/C16H26N2OS/c1-11(17)16(14-5-7-15(19-4)8-6-14)18-9-10-20-13(3)12(18)2/h5-8,11-13,16H,9-10,17H2,1-4H3. The van der Waals surface area contributed by atoms with Gasteiger partial charge in [0.15, 0.2) is 0 Å². The fourth-order valence-electron chi connectivity index (χ4n) is 2.95. The van der Waals surface area contributed by atoms with Gasteiger partial charge in [0, 0.05) is 35.7 Å². The molecule has 0 aromatic heterocycles. The van der Waals surface area contributed by atoms with Crippen LogP contribution in [0.2, 0.25) is 0 Å². The van der Waals surface area contributed by atoms with E-state index >= 15 is 0 Å². The summed E-state index contributed by atoms with van der Waals surface area (Å²) in [5.41, 5.74) is 7.58. The molecule has 2 rings (SSSR count). The monoisotopic (exact) mass is 294 g/mol. The van der Waals surface area contributed by atoms with Crippen molar-refractivity contribution in [3.05, 3.63) is 29.8 Å². The molecule has 4 atom stereocenters. The fourth-order valence-corrected chi connectivity index (χ4v) is 4.07. The minimum absolute atomic E-state index is 0.112. The summed E-state index contributed by atoms with van der Waals surface area (Å²) in [6, 6.07) is 9.28. The van der Waals surface area contributed by atoms with Crippen LogP contribution in [0.5, 0.6) is 5.75 Å². The second kappa shape index (κ2) is 6.83. The van der Waals surface area contributed by atoms with Gasteiger partial charge in [0.25, 0.3) is 0 Å². The highest BCUT2D eigenvalue weighted by Crippen LogP contribution is 2.33. The Bertz CT molecular complexity index is 421. The Morgan fingerprint density at radius 1 is 1.30 bits per heavy atom. The lowest BCUT2D eigenvalue weighted by molar-refractivity contribution is 0.130. The normalized spacial score (nSPS) is 27.1. The second-order valence-electron chi connectivity index (χ2n) is 5.63. The van der Waals surface area contributed by atoms with E-state index in [4.69, 9.17) is 10.5 Å². The first-order chi connectivity index (χ1) is 9.54. The van der Waals surface area contributed by atoms with Crippen molar-refractivity contribution in [3.8, 4) is 5.75 Å². The van der Waals surface area contributed by atoms with Gasteiger partial charge in [-0.3, -0.25) is 4.90 Å². The summed E-state index contributed by atoms with van der Waals surface area (Å²) in [7, 11) is 1.70. The molecule has 1 fully saturated rings. The molecule has 4 heteroatoms. The number of methoxy groups -OCH3 is 1. The molecule has 0 aliphatic carbocycles. The predicted octanol–water partition coefficient (Wildman–Crippen LogP) is 2.91. The first kappa shape index (κ1) is 15.7. The molecule has 1 saturated heterocycles. The molecule has 1 aromatic rings. The summed E-state index contributed by atoms with van der Waals surface area (Å²) < 4.78 is 5.24. The Morgan fingerprint density at radius 2 is 1.95 bits per heavy atom. The maximum absolute atomic E-state index is 6.30. The van der Waals surface area contributed by atoms with E-state index in [-0.39, 0.29) is 12.1 Å². The first-order valence-corrected chi connectivity index (χ1v) is 8.36. The SMILES string of the molecule is COc1ccc(C(C(C)N)N2CCSC(C)C2C)cc1. The maximum atomic E-state index is 6.30. The van der Waals surface area contributed by atoms with Crippen LogP contribution in [0.15, 0.2) is 24.3 Å². The maximum Gasteiger partial charge on any atom is 0.118 e. The van der Waals surface area contributed by atoms with Gasteiger partial charge in [-0.25, -0.2) is 0 Å². The molecular weight excluding hydrogens is 268 g/mol. The summed E-state index contributed by atoms with van der Waals surface area (Å²) in [4.78, 5) is 2.56. The molecule has 3 nitrogen and oxygen atoms in total. The van der Waals surface area contributed by atoms with Crippen LogP contribution in [-0.4, -0.2) is 41.6 Å². The van der Waals surface area contributed by atoms with E-state index in [0.717, 1.165) is 12.3 Å². The molecule has 0 amide bonds. The van der Waals surface area contributed by atoms with Crippen molar-refractivity contribution in [1.82, 2.24) is 4.90 Å². The van der Waals surface area contributed by atoms with E-state index in [0.29, 0.717) is 11.3 Å². The average molecular weight is 294 g/mol. The Kier molecular flexibility index (Phi) is 5.35. The summed E-state index contributed by atoms with van der Waals surface area (Å²) in [6.45, 7) is 7.84. The Hall–Kier alpha value is -0.710. The number of ether oxygens (including phenoxy) is 1. The topological polar surface area (TPSA) is 38.5 Å². The van der Waals surface area contributed by atoms with E-state index in [2.05, 4.69) is 49.6 Å². The number of hydrogen-bond donors (Lipinski definition) is 1. The lowest BCUT2D eigenvalue weighted by Crippen LogP contribution is -2.50. The average Bonchev–Trinajstić information content (AvgIpc) is 2.44. The lowest BCUT2D eigenvalue weighted by atomic mass is 9.96. The van der Waals surface area contributed by atoms with Crippen LogP contribution in [0.1, 0.15) is 32.4 Å². The van der Waals surface area contributed by atoms with Gasteiger partial charge in [-0.1, -0.05) is 19.1 Å². The molecule has 112 valence electrons. The molecule has 0 radical (unpaired) electrons. The molecule has 1 aromatic carbocycles. The Labute approximate surface area is 126 Å². The molecule has 1 aliphatic rings. The third-order valence-electron chi connectivity index (χ3n) is 4.25. The van der Waals surface area contributed by atoms with Crippen LogP contribution in [0.3, 0.4) is 0 Å². The van der Waals surface area contributed by atoms with E-state index < -0.39 is 0 Å². The van der Waals surface area contributed by atoms with Crippen LogP contribution in [0.25, 0.3) is 0 Å². The minimum Gasteiger partial charge on any atom is -0.497 e. The van der Waals surface area contributed by atoms with Crippen LogP contribution >= 0.6 is 11.8 Å². The molecule has 1 heterocycles. The summed E-state index contributed by atoms with van der Waals surface area (Å²) in [6.07, 6.45) is 0. The molecule has 0 bridgehead atoms. The van der Waals surface area contributed by atoms with Crippen molar-refractivity contribution in [1.29, 1.82) is 0 Å². The van der Waals surface area contributed by atoms with Crippen LogP contribution in [0, 0.1) is 0 Å². The van der Waals surface area contributed by atoms with Crippen LogP contribution in [0.4, 0.5) is 0 Å². The lowest BCUT2D eigenvalue weighted by Gasteiger charge is -2.44. The van der Waals surface area contributed by atoms with Gasteiger partial charge < -0.3 is 10.5 Å². The van der Waals surface area contributed by atoms with Crippen molar-refractivity contribution >= 4 is 11.8 Å². The molecule has 4 unspecified atom stereocenters. The highest BCUT2D eigenvalue weighted by molar-refractivity contribution is 8.00. The Balaban J connectivity index is 2.25. The molecule has 0 spiro atoms. The van der Waals surface area contributed by atoms with E-state index in [1.54, 1.807) is 7.11 Å². The highest BCUT2D eigenvalue weighted by Gasteiger charge is 2.33. The number of thioether (sulfide) groups is 1. The highest BCUT2D eigenvalue weighted by atomic mass is 32.2. The minimum atomic E-state index is 0.112. The molecule has 1 aliphatic heterocycles. The Morgan fingerprint density at radius 3 is 2.50 bits per heavy atom. The zero-order valence-corrected chi connectivity index (χ0v) is 13.7. The van der Waals surface area contributed by atoms with Crippen molar-refractivity contribution in [3.63, 3.8) is 0 Å². The zero-order valence-electron chi connectivity index (χ0n) is 12.9. The van der Waals surface area contributed by atoms with Gasteiger partial charge >= 0.3 is 0 Å². The van der Waals surface area contributed by atoms with Gasteiger partial charge in [0.1, 0.15) is 5.75 Å². The van der Waals surface area contributed by atoms with Gasteiger partial charge in [-0.15, -0.1) is 0 Å². The van der Waals surface area contributed by atoms with E-state index in [9.17, 15) is 0 Å². The van der Waals surface area contributed by atoms with Crippen molar-refractivity contribution < 1.29 is 4.74 Å². The number of nitrogens with zero attached hydrogens (tertiary/aromatic N) is 1. The first-order valence-electron chi connectivity index (χ1n) is 7.31. The number of nitrogens with two attached hydrogens (primary N) is 1. The van der Waals surface area contributed by atoms with Gasteiger partial charge in [-0.2, -0.15) is 11.8 Å². The third-order valence-corrected chi connectivity index (χ3v) is 5.58. The summed E-state index contributed by atoms with van der Waals surface area (Å²) in [5.74, 6) is 2.08. The third kappa shape index (κ3) is 3.30.